The second-order valence-corrected chi connectivity index (χ2v) is 5.40. The first-order valence-electron chi connectivity index (χ1n) is 7.44. The molecule has 0 atom stereocenters. The summed E-state index contributed by atoms with van der Waals surface area (Å²) in [6.07, 6.45) is 5.38. The number of hydrogen-bond acceptors (Lipinski definition) is 5. The number of para-hydroxylation sites is 1. The predicted molar refractivity (Wildman–Crippen MR) is 81.8 cm³/mol. The second kappa shape index (κ2) is 6.13. The highest BCUT2D eigenvalue weighted by Gasteiger charge is 2.10. The Hall–Kier alpha value is -1.75. The van der Waals surface area contributed by atoms with E-state index in [2.05, 4.69) is 15.2 Å². The molecule has 1 fully saturated rings. The molecule has 2 heterocycles. The second-order valence-electron chi connectivity index (χ2n) is 5.40. The number of oxazole rings is 1. The van der Waals surface area contributed by atoms with Gasteiger partial charge in [0.05, 0.1) is 5.69 Å². The van der Waals surface area contributed by atoms with Gasteiger partial charge in [-0.2, -0.15) is 4.98 Å². The molecule has 0 saturated carbocycles. The van der Waals surface area contributed by atoms with Crippen molar-refractivity contribution >= 4 is 22.8 Å². The maximum atomic E-state index is 5.87. The summed E-state index contributed by atoms with van der Waals surface area (Å²) in [6, 6.07) is 6.17. The summed E-state index contributed by atoms with van der Waals surface area (Å²) >= 11 is 0. The molecule has 3 N–H and O–H groups in total. The minimum absolute atomic E-state index is 0.563. The fourth-order valence-corrected chi connectivity index (χ4v) is 2.73. The lowest BCUT2D eigenvalue weighted by Gasteiger charge is -2.19. The zero-order chi connectivity index (χ0) is 13.8. The van der Waals surface area contributed by atoms with Crippen molar-refractivity contribution in [1.29, 1.82) is 0 Å². The van der Waals surface area contributed by atoms with Crippen molar-refractivity contribution in [2.75, 3.05) is 37.2 Å². The van der Waals surface area contributed by atoms with Gasteiger partial charge in [-0.05, 0) is 38.1 Å². The molecule has 2 aromatic rings. The Morgan fingerprint density at radius 1 is 1.20 bits per heavy atom. The van der Waals surface area contributed by atoms with Gasteiger partial charge in [-0.15, -0.1) is 0 Å². The molecule has 1 saturated heterocycles. The van der Waals surface area contributed by atoms with Crippen LogP contribution in [-0.2, 0) is 0 Å². The summed E-state index contributed by atoms with van der Waals surface area (Å²) in [5.41, 5.74) is 8.01. The van der Waals surface area contributed by atoms with Crippen LogP contribution < -0.4 is 11.1 Å². The summed E-state index contributed by atoms with van der Waals surface area (Å²) < 4.78 is 5.64. The maximum Gasteiger partial charge on any atom is 0.295 e. The van der Waals surface area contributed by atoms with Gasteiger partial charge in [-0.25, -0.2) is 0 Å². The predicted octanol–water partition coefficient (Wildman–Crippen LogP) is 2.70. The van der Waals surface area contributed by atoms with E-state index in [1.807, 2.05) is 18.2 Å². The molecule has 0 unspecified atom stereocenters. The van der Waals surface area contributed by atoms with E-state index in [1.54, 1.807) is 0 Å². The molecule has 5 heteroatoms. The molecule has 0 aliphatic carbocycles. The third kappa shape index (κ3) is 3.04. The van der Waals surface area contributed by atoms with Crippen molar-refractivity contribution in [2.45, 2.75) is 25.7 Å². The van der Waals surface area contributed by atoms with Crippen molar-refractivity contribution < 1.29 is 4.42 Å². The summed E-state index contributed by atoms with van der Waals surface area (Å²) in [6.45, 7) is 4.31. The third-order valence-electron chi connectivity index (χ3n) is 3.85. The van der Waals surface area contributed by atoms with Crippen LogP contribution >= 0.6 is 0 Å². The van der Waals surface area contributed by atoms with Gasteiger partial charge >= 0.3 is 0 Å². The zero-order valence-corrected chi connectivity index (χ0v) is 11.8. The first-order valence-corrected chi connectivity index (χ1v) is 7.44. The van der Waals surface area contributed by atoms with E-state index in [9.17, 15) is 0 Å². The van der Waals surface area contributed by atoms with Crippen LogP contribution in [0.25, 0.3) is 11.1 Å². The highest BCUT2D eigenvalue weighted by atomic mass is 16.4. The number of likely N-dealkylation sites (tertiary alicyclic amines) is 1. The number of nitrogens with zero attached hydrogens (tertiary/aromatic N) is 2. The SMILES string of the molecule is Nc1cccc2oc(NCCN3CCCCCC3)nc12. The van der Waals surface area contributed by atoms with E-state index in [4.69, 9.17) is 10.2 Å². The fourth-order valence-electron chi connectivity index (χ4n) is 2.73. The lowest BCUT2D eigenvalue weighted by atomic mass is 10.2. The quantitative estimate of drug-likeness (QED) is 0.839. The Kier molecular flexibility index (Phi) is 4.06. The fraction of sp³-hybridized carbons (Fsp3) is 0.533. The number of fused-ring (bicyclic) bond motifs is 1. The first kappa shape index (κ1) is 13.2. The number of nitrogen functional groups attached to an aromatic ring is 1. The van der Waals surface area contributed by atoms with E-state index in [1.165, 1.54) is 38.8 Å². The minimum atomic E-state index is 0.563. The topological polar surface area (TPSA) is 67.3 Å². The molecular weight excluding hydrogens is 252 g/mol. The Labute approximate surface area is 119 Å². The van der Waals surface area contributed by atoms with Gasteiger partial charge in [0.1, 0.15) is 5.52 Å². The zero-order valence-electron chi connectivity index (χ0n) is 11.8. The number of anilines is 2. The van der Waals surface area contributed by atoms with Crippen LogP contribution in [0.15, 0.2) is 22.6 Å². The molecule has 1 aromatic heterocycles. The molecule has 0 radical (unpaired) electrons. The van der Waals surface area contributed by atoms with Gasteiger partial charge in [0.25, 0.3) is 6.01 Å². The molecule has 0 bridgehead atoms. The third-order valence-corrected chi connectivity index (χ3v) is 3.85. The number of rotatable bonds is 4. The summed E-state index contributed by atoms with van der Waals surface area (Å²) in [7, 11) is 0. The van der Waals surface area contributed by atoms with E-state index in [0.717, 1.165) is 24.2 Å². The molecule has 1 aliphatic heterocycles. The lowest BCUT2D eigenvalue weighted by molar-refractivity contribution is 0.295. The Morgan fingerprint density at radius 2 is 2.00 bits per heavy atom. The molecule has 5 nitrogen and oxygen atoms in total. The summed E-state index contributed by atoms with van der Waals surface area (Å²) in [5, 5.41) is 3.25. The van der Waals surface area contributed by atoms with Crippen LogP contribution in [0, 0.1) is 0 Å². The number of nitrogens with one attached hydrogen (secondary N) is 1. The normalized spacial score (nSPS) is 17.2. The van der Waals surface area contributed by atoms with Gasteiger partial charge in [-0.1, -0.05) is 18.9 Å². The number of benzene rings is 1. The van der Waals surface area contributed by atoms with E-state index in [0.29, 0.717) is 11.7 Å². The maximum absolute atomic E-state index is 5.87. The number of hydrogen-bond donors (Lipinski definition) is 2. The van der Waals surface area contributed by atoms with E-state index in [-0.39, 0.29) is 0 Å². The van der Waals surface area contributed by atoms with Crippen LogP contribution in [-0.4, -0.2) is 36.1 Å². The Morgan fingerprint density at radius 3 is 2.75 bits per heavy atom. The van der Waals surface area contributed by atoms with Gasteiger partial charge < -0.3 is 20.4 Å². The monoisotopic (exact) mass is 274 g/mol. The molecule has 108 valence electrons. The number of aromatic nitrogens is 1. The molecule has 0 spiro atoms. The largest absolute Gasteiger partial charge is 0.423 e. The van der Waals surface area contributed by atoms with Gasteiger partial charge in [0.15, 0.2) is 5.58 Å². The Bertz CT molecular complexity index is 558. The average Bonchev–Trinajstić information content (AvgIpc) is 2.69. The standard InChI is InChI=1S/C15H22N4O/c16-12-6-5-7-13-14(12)18-15(20-13)17-8-11-19-9-3-1-2-4-10-19/h5-7H,1-4,8-11,16H2,(H,17,18). The highest BCUT2D eigenvalue weighted by molar-refractivity contribution is 5.86. The van der Waals surface area contributed by atoms with Gasteiger partial charge in [0, 0.05) is 13.1 Å². The van der Waals surface area contributed by atoms with E-state index < -0.39 is 0 Å². The van der Waals surface area contributed by atoms with Crippen molar-refractivity contribution in [1.82, 2.24) is 9.88 Å². The highest BCUT2D eigenvalue weighted by Crippen LogP contribution is 2.23. The van der Waals surface area contributed by atoms with Crippen LogP contribution in [0.3, 0.4) is 0 Å². The molecule has 0 amide bonds. The molecule has 3 rings (SSSR count). The average molecular weight is 274 g/mol. The van der Waals surface area contributed by atoms with Crippen LogP contribution in [0.2, 0.25) is 0 Å². The van der Waals surface area contributed by atoms with Crippen molar-refractivity contribution in [3.05, 3.63) is 18.2 Å². The van der Waals surface area contributed by atoms with Crippen LogP contribution in [0.4, 0.5) is 11.7 Å². The minimum Gasteiger partial charge on any atom is -0.423 e. The van der Waals surface area contributed by atoms with Crippen LogP contribution in [0.5, 0.6) is 0 Å². The lowest BCUT2D eigenvalue weighted by Crippen LogP contribution is -2.30. The smallest absolute Gasteiger partial charge is 0.295 e. The number of nitrogens with two attached hydrogens (primary N) is 1. The summed E-state index contributed by atoms with van der Waals surface area (Å²) in [5.74, 6) is 0. The summed E-state index contributed by atoms with van der Waals surface area (Å²) in [4.78, 5) is 6.90. The molecular formula is C15H22N4O. The van der Waals surface area contributed by atoms with Crippen molar-refractivity contribution in [2.24, 2.45) is 0 Å². The van der Waals surface area contributed by atoms with Crippen LogP contribution in [0.1, 0.15) is 25.7 Å². The first-order chi connectivity index (χ1) is 9.83. The Balaban J connectivity index is 1.55. The van der Waals surface area contributed by atoms with Gasteiger partial charge in [-0.3, -0.25) is 0 Å². The van der Waals surface area contributed by atoms with Crippen molar-refractivity contribution in [3.8, 4) is 0 Å². The molecule has 1 aliphatic rings. The van der Waals surface area contributed by atoms with Gasteiger partial charge in [0.2, 0.25) is 0 Å². The van der Waals surface area contributed by atoms with E-state index >= 15 is 0 Å². The van der Waals surface area contributed by atoms with Crippen molar-refractivity contribution in [3.63, 3.8) is 0 Å². The molecule has 20 heavy (non-hydrogen) atoms. The molecule has 1 aromatic carbocycles.